The number of likely N-dealkylation sites (N-methyl/N-ethyl adjacent to an activating group) is 1. The summed E-state index contributed by atoms with van der Waals surface area (Å²) in [5.41, 5.74) is 0.847. The maximum absolute atomic E-state index is 12.2. The Bertz CT molecular complexity index is 639. The average molecular weight is 288 g/mol. The number of hydrogen-bond acceptors (Lipinski definition) is 4. The smallest absolute Gasteiger partial charge is 0.358 e. The lowest BCUT2D eigenvalue weighted by Gasteiger charge is -2.25. The Labute approximate surface area is 121 Å². The maximum Gasteiger partial charge on any atom is 0.358 e. The van der Waals surface area contributed by atoms with Gasteiger partial charge in [0.15, 0.2) is 5.69 Å². The van der Waals surface area contributed by atoms with Crippen molar-refractivity contribution >= 4 is 11.9 Å². The molecule has 0 aliphatic carbocycles. The van der Waals surface area contributed by atoms with E-state index in [-0.39, 0.29) is 24.2 Å². The van der Waals surface area contributed by atoms with Crippen LogP contribution in [0.5, 0.6) is 0 Å². The van der Waals surface area contributed by atoms with E-state index < -0.39 is 5.97 Å². The van der Waals surface area contributed by atoms with E-state index in [1.807, 2.05) is 37.3 Å². The van der Waals surface area contributed by atoms with Crippen LogP contribution >= 0.6 is 0 Å². The molecule has 2 rings (SSSR count). The SMILES string of the molecule is CC(c1ccccc1)N(C)C(=O)Cn1cc(C(=O)O)nn1. The molecule has 0 saturated carbocycles. The second-order valence-corrected chi connectivity index (χ2v) is 4.70. The molecule has 0 saturated heterocycles. The van der Waals surface area contributed by atoms with Gasteiger partial charge in [-0.15, -0.1) is 5.10 Å². The molecule has 1 N–H and O–H groups in total. The van der Waals surface area contributed by atoms with Crippen LogP contribution in [0.2, 0.25) is 0 Å². The number of amides is 1. The summed E-state index contributed by atoms with van der Waals surface area (Å²) in [6, 6.07) is 9.57. The Morgan fingerprint density at radius 3 is 2.57 bits per heavy atom. The number of rotatable bonds is 5. The van der Waals surface area contributed by atoms with Gasteiger partial charge in [0, 0.05) is 7.05 Å². The van der Waals surface area contributed by atoms with Crippen molar-refractivity contribution in [2.45, 2.75) is 19.5 Å². The molecule has 0 spiro atoms. The van der Waals surface area contributed by atoms with Gasteiger partial charge >= 0.3 is 5.97 Å². The van der Waals surface area contributed by atoms with Gasteiger partial charge in [0.05, 0.1) is 12.2 Å². The lowest BCUT2D eigenvalue weighted by molar-refractivity contribution is -0.132. The summed E-state index contributed by atoms with van der Waals surface area (Å²) < 4.78 is 1.22. The Balaban J connectivity index is 2.03. The van der Waals surface area contributed by atoms with Gasteiger partial charge < -0.3 is 10.0 Å². The maximum atomic E-state index is 12.2. The van der Waals surface area contributed by atoms with Crippen LogP contribution in [0.4, 0.5) is 0 Å². The molecule has 0 fully saturated rings. The fourth-order valence-electron chi connectivity index (χ4n) is 1.89. The highest BCUT2D eigenvalue weighted by atomic mass is 16.4. The van der Waals surface area contributed by atoms with Crippen LogP contribution in [0.25, 0.3) is 0 Å². The van der Waals surface area contributed by atoms with E-state index in [4.69, 9.17) is 5.11 Å². The topological polar surface area (TPSA) is 88.3 Å². The zero-order valence-corrected chi connectivity index (χ0v) is 11.8. The van der Waals surface area contributed by atoms with Gasteiger partial charge in [-0.05, 0) is 12.5 Å². The summed E-state index contributed by atoms with van der Waals surface area (Å²) in [5, 5.41) is 15.9. The summed E-state index contributed by atoms with van der Waals surface area (Å²) in [6.07, 6.45) is 1.24. The second-order valence-electron chi connectivity index (χ2n) is 4.70. The summed E-state index contributed by atoms with van der Waals surface area (Å²) in [6.45, 7) is 1.88. The molecule has 1 unspecified atom stereocenters. The lowest BCUT2D eigenvalue weighted by atomic mass is 10.1. The molecular weight excluding hydrogens is 272 g/mol. The minimum atomic E-state index is -1.17. The van der Waals surface area contributed by atoms with Gasteiger partial charge in [0.25, 0.3) is 0 Å². The molecule has 0 bridgehead atoms. The average Bonchev–Trinajstić information content (AvgIpc) is 2.95. The number of carbonyl (C=O) groups excluding carboxylic acids is 1. The zero-order valence-electron chi connectivity index (χ0n) is 11.8. The van der Waals surface area contributed by atoms with Gasteiger partial charge in [0.2, 0.25) is 5.91 Å². The predicted molar refractivity (Wildman–Crippen MR) is 74.6 cm³/mol. The van der Waals surface area contributed by atoms with Gasteiger partial charge in [0.1, 0.15) is 6.54 Å². The summed E-state index contributed by atoms with van der Waals surface area (Å²) in [7, 11) is 1.70. The predicted octanol–water partition coefficient (Wildman–Crippen LogP) is 1.20. The molecule has 1 amide bonds. The Kier molecular flexibility index (Phi) is 4.32. The molecule has 1 atom stereocenters. The van der Waals surface area contributed by atoms with E-state index in [9.17, 15) is 9.59 Å². The zero-order chi connectivity index (χ0) is 15.4. The third-order valence-corrected chi connectivity index (χ3v) is 3.31. The number of carbonyl (C=O) groups is 2. The van der Waals surface area contributed by atoms with Crippen LogP contribution in [-0.2, 0) is 11.3 Å². The number of aromatic nitrogens is 3. The van der Waals surface area contributed by atoms with Gasteiger partial charge in [-0.3, -0.25) is 4.79 Å². The van der Waals surface area contributed by atoms with Gasteiger partial charge in [-0.2, -0.15) is 0 Å². The van der Waals surface area contributed by atoms with Crippen molar-refractivity contribution in [3.8, 4) is 0 Å². The van der Waals surface area contributed by atoms with Crippen molar-refractivity contribution in [3.05, 3.63) is 47.8 Å². The van der Waals surface area contributed by atoms with Gasteiger partial charge in [-0.25, -0.2) is 9.48 Å². The van der Waals surface area contributed by atoms with E-state index in [1.165, 1.54) is 10.9 Å². The first-order valence-corrected chi connectivity index (χ1v) is 6.43. The molecule has 1 heterocycles. The number of carboxylic acids is 1. The molecule has 110 valence electrons. The molecule has 0 aliphatic heterocycles. The van der Waals surface area contributed by atoms with Gasteiger partial charge in [-0.1, -0.05) is 35.5 Å². The minimum absolute atomic E-state index is 0.0477. The Morgan fingerprint density at radius 1 is 1.33 bits per heavy atom. The molecule has 1 aromatic heterocycles. The fourth-order valence-corrected chi connectivity index (χ4v) is 1.89. The molecule has 2 aromatic rings. The first-order chi connectivity index (χ1) is 9.99. The highest BCUT2D eigenvalue weighted by molar-refractivity contribution is 5.84. The van der Waals surface area contributed by atoms with Crippen LogP contribution in [0.1, 0.15) is 29.0 Å². The van der Waals surface area contributed by atoms with Crippen LogP contribution in [0, 0.1) is 0 Å². The van der Waals surface area contributed by atoms with Crippen molar-refractivity contribution in [1.82, 2.24) is 19.9 Å². The van der Waals surface area contributed by atoms with Crippen LogP contribution in [0.15, 0.2) is 36.5 Å². The van der Waals surface area contributed by atoms with E-state index in [0.29, 0.717) is 0 Å². The van der Waals surface area contributed by atoms with Crippen molar-refractivity contribution < 1.29 is 14.7 Å². The number of hydrogen-bond donors (Lipinski definition) is 1. The van der Waals surface area contributed by atoms with Crippen molar-refractivity contribution in [1.29, 1.82) is 0 Å². The van der Waals surface area contributed by atoms with Crippen molar-refractivity contribution in [2.24, 2.45) is 0 Å². The minimum Gasteiger partial charge on any atom is -0.476 e. The summed E-state index contributed by atoms with van der Waals surface area (Å²) >= 11 is 0. The molecular formula is C14H16N4O3. The first-order valence-electron chi connectivity index (χ1n) is 6.43. The number of carboxylic acid groups (broad SMARTS) is 1. The number of aromatic carboxylic acids is 1. The Morgan fingerprint density at radius 2 is 2.00 bits per heavy atom. The summed E-state index contributed by atoms with van der Waals surface area (Å²) in [4.78, 5) is 24.5. The van der Waals surface area contributed by atoms with E-state index in [1.54, 1.807) is 11.9 Å². The number of benzene rings is 1. The van der Waals surface area contributed by atoms with Crippen molar-refractivity contribution in [2.75, 3.05) is 7.05 Å². The van der Waals surface area contributed by atoms with E-state index in [0.717, 1.165) is 5.56 Å². The highest BCUT2D eigenvalue weighted by Crippen LogP contribution is 2.18. The van der Waals surface area contributed by atoms with Crippen LogP contribution in [0.3, 0.4) is 0 Å². The lowest BCUT2D eigenvalue weighted by Crippen LogP contribution is -2.32. The molecule has 0 radical (unpaired) electrons. The molecule has 7 heteroatoms. The van der Waals surface area contributed by atoms with Crippen molar-refractivity contribution in [3.63, 3.8) is 0 Å². The largest absolute Gasteiger partial charge is 0.476 e. The van der Waals surface area contributed by atoms with Crippen LogP contribution in [-0.4, -0.2) is 43.9 Å². The molecule has 0 aliphatic rings. The Hall–Kier alpha value is -2.70. The third kappa shape index (κ3) is 3.44. The normalized spacial score (nSPS) is 11.9. The third-order valence-electron chi connectivity index (χ3n) is 3.31. The van der Waals surface area contributed by atoms with E-state index in [2.05, 4.69) is 10.3 Å². The molecule has 7 nitrogen and oxygen atoms in total. The summed E-state index contributed by atoms with van der Waals surface area (Å²) in [5.74, 6) is -1.34. The van der Waals surface area contributed by atoms with Crippen LogP contribution < -0.4 is 0 Å². The number of nitrogens with zero attached hydrogens (tertiary/aromatic N) is 4. The highest BCUT2D eigenvalue weighted by Gasteiger charge is 2.18. The molecule has 21 heavy (non-hydrogen) atoms. The standard InChI is InChI=1S/C14H16N4O3/c1-10(11-6-4-3-5-7-11)17(2)13(19)9-18-8-12(14(20)21)15-16-18/h3-8,10H,9H2,1-2H3,(H,20,21). The quantitative estimate of drug-likeness (QED) is 0.893. The van der Waals surface area contributed by atoms with E-state index >= 15 is 0 Å². The molecule has 1 aromatic carbocycles. The fraction of sp³-hybridized carbons (Fsp3) is 0.286. The second kappa shape index (κ2) is 6.17. The monoisotopic (exact) mass is 288 g/mol. The first kappa shape index (κ1) is 14.7.